The van der Waals surface area contributed by atoms with Crippen LogP contribution in [0.4, 0.5) is 0 Å². The number of nitrogens with one attached hydrogen (secondary N) is 1. The third kappa shape index (κ3) is 4.01. The van der Waals surface area contributed by atoms with Gasteiger partial charge in [0.15, 0.2) is 5.82 Å². The normalized spacial score (nSPS) is 16.9. The summed E-state index contributed by atoms with van der Waals surface area (Å²) in [6, 6.07) is 10.4. The van der Waals surface area contributed by atoms with Crippen molar-refractivity contribution in [2.45, 2.75) is 45.2 Å². The van der Waals surface area contributed by atoms with Gasteiger partial charge < -0.3 is 14.6 Å². The van der Waals surface area contributed by atoms with Crippen LogP contribution >= 0.6 is 0 Å². The Labute approximate surface area is 159 Å². The molecular weight excluding hydrogens is 340 g/mol. The van der Waals surface area contributed by atoms with Gasteiger partial charge in [0, 0.05) is 37.3 Å². The summed E-state index contributed by atoms with van der Waals surface area (Å²) in [5.74, 6) is 2.11. The Morgan fingerprint density at radius 2 is 1.96 bits per heavy atom. The Morgan fingerprint density at radius 3 is 2.74 bits per heavy atom. The molecule has 0 radical (unpaired) electrons. The van der Waals surface area contributed by atoms with Gasteiger partial charge in [-0.15, -0.1) is 0 Å². The quantitative estimate of drug-likeness (QED) is 0.711. The number of pyridine rings is 1. The average molecular weight is 366 g/mol. The zero-order valence-electron chi connectivity index (χ0n) is 15.9. The molecule has 6 nitrogen and oxygen atoms in total. The highest BCUT2D eigenvalue weighted by atomic mass is 16.5. The Morgan fingerprint density at radius 1 is 1.15 bits per heavy atom. The van der Waals surface area contributed by atoms with E-state index in [0.29, 0.717) is 18.4 Å². The number of nitrogens with zero attached hydrogens (tertiary/aromatic N) is 3. The van der Waals surface area contributed by atoms with E-state index < -0.39 is 0 Å². The van der Waals surface area contributed by atoms with Gasteiger partial charge in [-0.05, 0) is 30.4 Å². The number of aromatic nitrogens is 3. The molecule has 6 heteroatoms. The van der Waals surface area contributed by atoms with Crippen LogP contribution in [0.15, 0.2) is 41.1 Å². The van der Waals surface area contributed by atoms with Gasteiger partial charge in [-0.25, -0.2) is 0 Å². The number of ether oxygens (including phenoxy) is 1. The molecule has 0 bridgehead atoms. The number of hydrogen-bond acceptors (Lipinski definition) is 6. The molecule has 1 N–H and O–H groups in total. The molecule has 0 aliphatic carbocycles. The molecule has 1 aromatic carbocycles. The van der Waals surface area contributed by atoms with Gasteiger partial charge in [0.25, 0.3) is 0 Å². The molecular formula is C21H26N4O2. The highest BCUT2D eigenvalue weighted by Gasteiger charge is 2.30. The third-order valence-corrected chi connectivity index (χ3v) is 5.21. The molecule has 1 fully saturated rings. The molecule has 1 saturated heterocycles. The van der Waals surface area contributed by atoms with Crippen molar-refractivity contribution in [1.29, 1.82) is 0 Å². The molecule has 0 amide bonds. The summed E-state index contributed by atoms with van der Waals surface area (Å²) in [5.41, 5.74) is 2.21. The molecule has 3 heterocycles. The highest BCUT2D eigenvalue weighted by Crippen LogP contribution is 2.30. The zero-order chi connectivity index (χ0) is 18.6. The summed E-state index contributed by atoms with van der Waals surface area (Å²) in [5, 5.41) is 8.99. The maximum atomic E-state index is 5.64. The van der Waals surface area contributed by atoms with Crippen molar-refractivity contribution < 1.29 is 9.26 Å². The van der Waals surface area contributed by atoms with Crippen LogP contribution in [-0.4, -0.2) is 28.3 Å². The van der Waals surface area contributed by atoms with Gasteiger partial charge >= 0.3 is 0 Å². The van der Waals surface area contributed by atoms with Gasteiger partial charge in [-0.3, -0.25) is 4.98 Å². The van der Waals surface area contributed by atoms with E-state index in [4.69, 9.17) is 9.26 Å². The first kappa shape index (κ1) is 18.1. The highest BCUT2D eigenvalue weighted by molar-refractivity contribution is 5.81. The summed E-state index contributed by atoms with van der Waals surface area (Å²) in [6.07, 6.45) is 3.82. The van der Waals surface area contributed by atoms with Crippen LogP contribution < -0.4 is 5.32 Å². The molecule has 2 aromatic heterocycles. The monoisotopic (exact) mass is 366 g/mol. The second-order valence-corrected chi connectivity index (χ2v) is 7.45. The van der Waals surface area contributed by atoms with Crippen LogP contribution in [0.25, 0.3) is 10.9 Å². The lowest BCUT2D eigenvalue weighted by atomic mass is 9.91. The molecule has 0 saturated carbocycles. The molecule has 4 rings (SSSR count). The van der Waals surface area contributed by atoms with Crippen molar-refractivity contribution in [3.05, 3.63) is 53.8 Å². The molecule has 0 unspecified atom stereocenters. The Bertz CT molecular complexity index is 881. The Kier molecular flexibility index (Phi) is 5.45. The van der Waals surface area contributed by atoms with Gasteiger partial charge in [-0.1, -0.05) is 43.3 Å². The van der Waals surface area contributed by atoms with E-state index in [1.807, 2.05) is 12.3 Å². The van der Waals surface area contributed by atoms with Gasteiger partial charge in [-0.2, -0.15) is 4.98 Å². The van der Waals surface area contributed by atoms with E-state index in [1.165, 1.54) is 5.56 Å². The van der Waals surface area contributed by atoms with Crippen molar-refractivity contribution in [3.63, 3.8) is 0 Å². The SMILES string of the molecule is CC(C)c1noc([C@H](NCc2cccc3cccnc23)C2CCOCC2)n1. The standard InChI is InChI=1S/C21H26N4O2/c1-14(2)20-24-21(27-25-20)19(16-8-11-26-12-9-16)23-13-17-6-3-5-15-7-4-10-22-18(15)17/h3-7,10,14,16,19,23H,8-9,11-13H2,1-2H3/t19-/m1/s1. The number of fused-ring (bicyclic) bond motifs is 1. The van der Waals surface area contributed by atoms with Crippen molar-refractivity contribution in [2.75, 3.05) is 13.2 Å². The minimum Gasteiger partial charge on any atom is -0.381 e. The molecule has 142 valence electrons. The van der Waals surface area contributed by atoms with Crippen LogP contribution in [0, 0.1) is 5.92 Å². The van der Waals surface area contributed by atoms with Crippen LogP contribution in [0.1, 0.15) is 55.9 Å². The number of hydrogen-bond donors (Lipinski definition) is 1. The van der Waals surface area contributed by atoms with Crippen LogP contribution in [-0.2, 0) is 11.3 Å². The van der Waals surface area contributed by atoms with E-state index in [1.54, 1.807) is 0 Å². The molecule has 27 heavy (non-hydrogen) atoms. The van der Waals surface area contributed by atoms with Crippen LogP contribution in [0.3, 0.4) is 0 Å². The van der Waals surface area contributed by atoms with Crippen LogP contribution in [0.2, 0.25) is 0 Å². The average Bonchev–Trinajstić information content (AvgIpc) is 3.19. The fraction of sp³-hybridized carbons (Fsp3) is 0.476. The predicted molar refractivity (Wildman–Crippen MR) is 103 cm³/mol. The second-order valence-electron chi connectivity index (χ2n) is 7.45. The largest absolute Gasteiger partial charge is 0.381 e. The minimum atomic E-state index is 0.0212. The van der Waals surface area contributed by atoms with Crippen molar-refractivity contribution in [2.24, 2.45) is 5.92 Å². The topological polar surface area (TPSA) is 73.1 Å². The lowest BCUT2D eigenvalue weighted by molar-refractivity contribution is 0.0485. The first-order valence-corrected chi connectivity index (χ1v) is 9.69. The summed E-state index contributed by atoms with van der Waals surface area (Å²) in [6.45, 7) is 6.42. The summed E-state index contributed by atoms with van der Waals surface area (Å²) < 4.78 is 11.2. The predicted octanol–water partition coefficient (Wildman–Crippen LogP) is 4.00. The zero-order valence-corrected chi connectivity index (χ0v) is 15.9. The van der Waals surface area contributed by atoms with Gasteiger partial charge in [0.05, 0.1) is 11.6 Å². The van der Waals surface area contributed by atoms with E-state index in [9.17, 15) is 0 Å². The van der Waals surface area contributed by atoms with Crippen LogP contribution in [0.5, 0.6) is 0 Å². The fourth-order valence-corrected chi connectivity index (χ4v) is 3.64. The number of benzene rings is 1. The number of rotatable bonds is 6. The minimum absolute atomic E-state index is 0.0212. The summed E-state index contributed by atoms with van der Waals surface area (Å²) in [7, 11) is 0. The third-order valence-electron chi connectivity index (χ3n) is 5.21. The smallest absolute Gasteiger partial charge is 0.244 e. The van der Waals surface area contributed by atoms with Gasteiger partial charge in [0.2, 0.25) is 5.89 Å². The molecule has 3 aromatic rings. The summed E-state index contributed by atoms with van der Waals surface area (Å²) in [4.78, 5) is 9.22. The maximum Gasteiger partial charge on any atom is 0.244 e. The Balaban J connectivity index is 1.58. The molecule has 1 aliphatic heterocycles. The lowest BCUT2D eigenvalue weighted by Crippen LogP contribution is -2.32. The maximum absolute atomic E-state index is 5.64. The first-order valence-electron chi connectivity index (χ1n) is 9.69. The van der Waals surface area contributed by atoms with E-state index in [-0.39, 0.29) is 12.0 Å². The first-order chi connectivity index (χ1) is 13.2. The second kappa shape index (κ2) is 8.15. The van der Waals surface area contributed by atoms with Crippen molar-refractivity contribution >= 4 is 10.9 Å². The molecule has 1 atom stereocenters. The van der Waals surface area contributed by atoms with E-state index >= 15 is 0 Å². The molecule has 0 spiro atoms. The lowest BCUT2D eigenvalue weighted by Gasteiger charge is -2.28. The Hall–Kier alpha value is -2.31. The van der Waals surface area contributed by atoms with Crippen molar-refractivity contribution in [3.8, 4) is 0 Å². The van der Waals surface area contributed by atoms with Crippen molar-refractivity contribution in [1.82, 2.24) is 20.4 Å². The van der Waals surface area contributed by atoms with E-state index in [0.717, 1.165) is 42.8 Å². The fourth-order valence-electron chi connectivity index (χ4n) is 3.64. The summed E-state index contributed by atoms with van der Waals surface area (Å²) >= 11 is 0. The van der Waals surface area contributed by atoms with E-state index in [2.05, 4.69) is 58.6 Å². The number of para-hydroxylation sites is 1. The molecule has 1 aliphatic rings. The van der Waals surface area contributed by atoms with Gasteiger partial charge in [0.1, 0.15) is 0 Å².